The van der Waals surface area contributed by atoms with Crippen LogP contribution >= 0.6 is 0 Å². The van der Waals surface area contributed by atoms with E-state index in [2.05, 4.69) is 5.10 Å². The Bertz CT molecular complexity index is 317. The molecule has 1 heterocycles. The van der Waals surface area contributed by atoms with E-state index < -0.39 is 11.5 Å². The maximum absolute atomic E-state index is 10.5. The summed E-state index contributed by atoms with van der Waals surface area (Å²) < 4.78 is 1.44. The van der Waals surface area contributed by atoms with Crippen LogP contribution in [0.1, 0.15) is 24.3 Å². The number of carbonyl (C=O) groups is 1. The Morgan fingerprint density at radius 2 is 2.31 bits per heavy atom. The number of hydrogen-bond acceptors (Lipinski definition) is 3. The van der Waals surface area contributed by atoms with Crippen molar-refractivity contribution in [3.63, 3.8) is 0 Å². The number of nitrogens with zero attached hydrogens (tertiary/aromatic N) is 2. The van der Waals surface area contributed by atoms with Gasteiger partial charge in [-0.3, -0.25) is 4.68 Å². The third kappa shape index (κ3) is 1.86. The average molecular weight is 184 g/mol. The second kappa shape index (κ2) is 3.18. The van der Waals surface area contributed by atoms with Crippen molar-refractivity contribution in [1.29, 1.82) is 0 Å². The topological polar surface area (TPSA) is 75.4 Å². The highest BCUT2D eigenvalue weighted by molar-refractivity contribution is 5.85. The van der Waals surface area contributed by atoms with Crippen molar-refractivity contribution in [3.05, 3.63) is 18.0 Å². The molecule has 72 valence electrons. The Morgan fingerprint density at radius 3 is 2.69 bits per heavy atom. The zero-order valence-electron chi connectivity index (χ0n) is 7.56. The molecule has 0 amide bonds. The van der Waals surface area contributed by atoms with Crippen LogP contribution in [0.4, 0.5) is 0 Å². The molecule has 0 spiro atoms. The molecule has 0 aliphatic rings. The molecule has 0 radical (unpaired) electrons. The summed E-state index contributed by atoms with van der Waals surface area (Å²) in [5.41, 5.74) is -0.574. The van der Waals surface area contributed by atoms with E-state index in [4.69, 9.17) is 10.2 Å². The lowest BCUT2D eigenvalue weighted by molar-refractivity contribution is 0.0686. The molecule has 1 aromatic rings. The van der Waals surface area contributed by atoms with Gasteiger partial charge in [0.05, 0.1) is 12.1 Å². The van der Waals surface area contributed by atoms with Crippen LogP contribution in [-0.2, 0) is 5.54 Å². The second-order valence-electron chi connectivity index (χ2n) is 3.42. The molecule has 5 heteroatoms. The minimum absolute atomic E-state index is 0.0125. The molecule has 2 N–H and O–H groups in total. The summed E-state index contributed by atoms with van der Waals surface area (Å²) in [5, 5.41) is 21.4. The van der Waals surface area contributed by atoms with E-state index in [1.807, 2.05) is 0 Å². The average Bonchev–Trinajstić information content (AvgIpc) is 2.52. The molecule has 0 fully saturated rings. The van der Waals surface area contributed by atoms with Gasteiger partial charge in [0.2, 0.25) is 0 Å². The molecular formula is C8H12N2O3. The number of carboxylic acid groups (broad SMARTS) is 1. The SMILES string of the molecule is CC(C)(CO)n1ccc(C(=O)O)n1. The maximum atomic E-state index is 10.5. The third-order valence-corrected chi connectivity index (χ3v) is 1.82. The van der Waals surface area contributed by atoms with Gasteiger partial charge in [-0.15, -0.1) is 0 Å². The molecule has 0 atom stereocenters. The molecular weight excluding hydrogens is 172 g/mol. The summed E-state index contributed by atoms with van der Waals surface area (Å²) in [6.07, 6.45) is 1.54. The molecule has 5 nitrogen and oxygen atoms in total. The van der Waals surface area contributed by atoms with Crippen LogP contribution in [0.3, 0.4) is 0 Å². The fraction of sp³-hybridized carbons (Fsp3) is 0.500. The van der Waals surface area contributed by atoms with Gasteiger partial charge in [0, 0.05) is 6.20 Å². The van der Waals surface area contributed by atoms with Crippen molar-refractivity contribution in [3.8, 4) is 0 Å². The summed E-state index contributed by atoms with van der Waals surface area (Å²) >= 11 is 0. The number of carboxylic acids is 1. The molecule has 0 saturated carbocycles. The number of aliphatic hydroxyl groups is 1. The first-order valence-corrected chi connectivity index (χ1v) is 3.87. The largest absolute Gasteiger partial charge is 0.476 e. The Kier molecular flexibility index (Phi) is 2.38. The lowest BCUT2D eigenvalue weighted by atomic mass is 10.1. The summed E-state index contributed by atoms with van der Waals surface area (Å²) in [7, 11) is 0. The monoisotopic (exact) mass is 184 g/mol. The zero-order chi connectivity index (χ0) is 10.1. The van der Waals surface area contributed by atoms with Gasteiger partial charge in [0.25, 0.3) is 0 Å². The Hall–Kier alpha value is -1.36. The standard InChI is InChI=1S/C8H12N2O3/c1-8(2,5-11)10-4-3-6(9-10)7(12)13/h3-4,11H,5H2,1-2H3,(H,12,13). The van der Waals surface area contributed by atoms with E-state index in [0.29, 0.717) is 0 Å². The van der Waals surface area contributed by atoms with Gasteiger partial charge < -0.3 is 10.2 Å². The normalized spacial score (nSPS) is 11.6. The van der Waals surface area contributed by atoms with E-state index in [0.717, 1.165) is 0 Å². The van der Waals surface area contributed by atoms with E-state index in [9.17, 15) is 4.79 Å². The highest BCUT2D eigenvalue weighted by Crippen LogP contribution is 2.12. The predicted octanol–water partition coefficient (Wildman–Crippen LogP) is 0.309. The Morgan fingerprint density at radius 1 is 1.69 bits per heavy atom. The van der Waals surface area contributed by atoms with Gasteiger partial charge in [-0.25, -0.2) is 4.79 Å². The lowest BCUT2D eigenvalue weighted by Crippen LogP contribution is -2.31. The molecule has 1 rings (SSSR count). The van der Waals surface area contributed by atoms with Crippen LogP contribution in [0.2, 0.25) is 0 Å². The minimum Gasteiger partial charge on any atom is -0.476 e. The molecule has 13 heavy (non-hydrogen) atoms. The number of aromatic carboxylic acids is 1. The summed E-state index contributed by atoms with van der Waals surface area (Å²) in [6, 6.07) is 1.40. The van der Waals surface area contributed by atoms with Crippen LogP contribution in [0, 0.1) is 0 Å². The van der Waals surface area contributed by atoms with Gasteiger partial charge in [-0.05, 0) is 19.9 Å². The molecule has 1 aromatic heterocycles. The van der Waals surface area contributed by atoms with E-state index in [1.165, 1.54) is 10.7 Å². The van der Waals surface area contributed by atoms with Gasteiger partial charge in [0.15, 0.2) is 5.69 Å². The summed E-state index contributed by atoms with van der Waals surface area (Å²) in [6.45, 7) is 3.45. The fourth-order valence-electron chi connectivity index (χ4n) is 0.848. The Labute approximate surface area is 75.6 Å². The second-order valence-corrected chi connectivity index (χ2v) is 3.42. The highest BCUT2D eigenvalue weighted by Gasteiger charge is 2.20. The fourth-order valence-corrected chi connectivity index (χ4v) is 0.848. The molecule has 0 aromatic carbocycles. The highest BCUT2D eigenvalue weighted by atomic mass is 16.4. The van der Waals surface area contributed by atoms with Gasteiger partial charge in [-0.1, -0.05) is 0 Å². The van der Waals surface area contributed by atoms with Crippen LogP contribution in [0.15, 0.2) is 12.3 Å². The van der Waals surface area contributed by atoms with Crippen LogP contribution in [-0.4, -0.2) is 32.6 Å². The zero-order valence-corrected chi connectivity index (χ0v) is 7.56. The smallest absolute Gasteiger partial charge is 0.356 e. The third-order valence-electron chi connectivity index (χ3n) is 1.82. The van der Waals surface area contributed by atoms with Crippen LogP contribution < -0.4 is 0 Å². The van der Waals surface area contributed by atoms with Crippen molar-refractivity contribution in [2.24, 2.45) is 0 Å². The van der Waals surface area contributed by atoms with E-state index >= 15 is 0 Å². The quantitative estimate of drug-likeness (QED) is 0.708. The number of aliphatic hydroxyl groups excluding tert-OH is 1. The van der Waals surface area contributed by atoms with Crippen LogP contribution in [0.5, 0.6) is 0 Å². The molecule has 0 aliphatic heterocycles. The summed E-state index contributed by atoms with van der Waals surface area (Å²) in [4.78, 5) is 10.5. The first-order chi connectivity index (χ1) is 5.97. The number of rotatable bonds is 3. The van der Waals surface area contributed by atoms with Crippen molar-refractivity contribution in [2.45, 2.75) is 19.4 Å². The van der Waals surface area contributed by atoms with Crippen molar-refractivity contribution >= 4 is 5.97 Å². The van der Waals surface area contributed by atoms with Crippen molar-refractivity contribution in [2.75, 3.05) is 6.61 Å². The first kappa shape index (κ1) is 9.73. The Balaban J connectivity index is 2.98. The van der Waals surface area contributed by atoms with Gasteiger partial charge in [-0.2, -0.15) is 5.10 Å². The number of hydrogen-bond donors (Lipinski definition) is 2. The van der Waals surface area contributed by atoms with Crippen molar-refractivity contribution < 1.29 is 15.0 Å². The predicted molar refractivity (Wildman–Crippen MR) is 45.6 cm³/mol. The van der Waals surface area contributed by atoms with E-state index in [1.54, 1.807) is 20.0 Å². The van der Waals surface area contributed by atoms with E-state index in [-0.39, 0.29) is 12.3 Å². The van der Waals surface area contributed by atoms with Gasteiger partial charge in [0.1, 0.15) is 0 Å². The van der Waals surface area contributed by atoms with Gasteiger partial charge >= 0.3 is 5.97 Å². The van der Waals surface area contributed by atoms with Crippen molar-refractivity contribution in [1.82, 2.24) is 9.78 Å². The van der Waals surface area contributed by atoms with Crippen LogP contribution in [0.25, 0.3) is 0 Å². The maximum Gasteiger partial charge on any atom is 0.356 e. The molecule has 0 saturated heterocycles. The lowest BCUT2D eigenvalue weighted by Gasteiger charge is -2.21. The summed E-state index contributed by atoms with van der Waals surface area (Å²) in [5.74, 6) is -1.06. The first-order valence-electron chi connectivity index (χ1n) is 3.87. The number of aromatic nitrogens is 2. The molecule has 0 aliphatic carbocycles. The molecule has 0 bridgehead atoms. The minimum atomic E-state index is -1.06. The molecule has 0 unspecified atom stereocenters.